The first-order valence-electron chi connectivity index (χ1n) is 4.27. The van der Waals surface area contributed by atoms with Crippen LogP contribution in [0.5, 0.6) is 0 Å². The maximum Gasteiger partial charge on any atom is 0.251 e. The molecule has 0 radical (unpaired) electrons. The second kappa shape index (κ2) is 5.58. The lowest BCUT2D eigenvalue weighted by molar-refractivity contribution is -0.118. The highest BCUT2D eigenvalue weighted by Gasteiger charge is 2.16. The Hall–Kier alpha value is -0.700. The molecular formula is C7H10ClN3O3S2. The minimum atomic E-state index is -3.57. The van der Waals surface area contributed by atoms with Gasteiger partial charge in [-0.15, -0.1) is 0 Å². The van der Waals surface area contributed by atoms with E-state index in [9.17, 15) is 13.2 Å². The number of hydrogen-bond acceptors (Lipinski definition) is 5. The van der Waals surface area contributed by atoms with Crippen molar-refractivity contribution < 1.29 is 13.2 Å². The Balaban J connectivity index is 2.50. The molecule has 0 spiro atoms. The molecule has 0 unspecified atom stereocenters. The number of thiazole rings is 1. The molecule has 90 valence electrons. The second-order valence-electron chi connectivity index (χ2n) is 2.81. The summed E-state index contributed by atoms with van der Waals surface area (Å²) in [7, 11) is -3.57. The van der Waals surface area contributed by atoms with Crippen molar-refractivity contribution in [1.29, 1.82) is 0 Å². The summed E-state index contributed by atoms with van der Waals surface area (Å²) >= 11 is 6.40. The van der Waals surface area contributed by atoms with Gasteiger partial charge in [-0.25, -0.2) is 18.1 Å². The van der Waals surface area contributed by atoms with Gasteiger partial charge in [0.05, 0.1) is 6.20 Å². The van der Waals surface area contributed by atoms with Crippen LogP contribution in [-0.4, -0.2) is 32.4 Å². The molecule has 9 heteroatoms. The Labute approximate surface area is 102 Å². The fourth-order valence-corrected chi connectivity index (χ4v) is 3.23. The molecule has 0 aromatic carbocycles. The molecule has 0 fully saturated rings. The average Bonchev–Trinajstić information content (AvgIpc) is 2.60. The highest BCUT2D eigenvalue weighted by atomic mass is 35.5. The van der Waals surface area contributed by atoms with E-state index in [1.165, 1.54) is 13.1 Å². The quantitative estimate of drug-likeness (QED) is 0.756. The van der Waals surface area contributed by atoms with E-state index in [4.69, 9.17) is 11.6 Å². The first-order chi connectivity index (χ1) is 7.42. The minimum Gasteiger partial charge on any atom is -0.355 e. The number of halogens is 1. The minimum absolute atomic E-state index is 0.0559. The molecule has 1 amide bonds. The lowest BCUT2D eigenvalue weighted by Gasteiger charge is -2.04. The van der Waals surface area contributed by atoms with Crippen LogP contribution < -0.4 is 10.0 Å². The fraction of sp³-hybridized carbons (Fsp3) is 0.429. The molecule has 16 heavy (non-hydrogen) atoms. The maximum absolute atomic E-state index is 11.6. The standard InChI is InChI=1S/C7H10ClN3O3S2/c1-5(12)9-2-3-11-16(13,14)6-4-10-7(8)15-6/h4,11H,2-3H2,1H3,(H,9,12). The molecule has 6 nitrogen and oxygen atoms in total. The van der Waals surface area contributed by atoms with E-state index < -0.39 is 10.0 Å². The number of sulfonamides is 1. The molecule has 2 N–H and O–H groups in total. The molecule has 1 heterocycles. The number of nitrogens with zero attached hydrogens (tertiary/aromatic N) is 1. The van der Waals surface area contributed by atoms with Gasteiger partial charge in [0.1, 0.15) is 0 Å². The molecule has 1 aromatic rings. The summed E-state index contributed by atoms with van der Waals surface area (Å²) in [5.74, 6) is -0.208. The number of nitrogens with one attached hydrogen (secondary N) is 2. The number of carbonyl (C=O) groups is 1. The molecule has 0 atom stereocenters. The monoisotopic (exact) mass is 283 g/mol. The topological polar surface area (TPSA) is 88.2 Å². The summed E-state index contributed by atoms with van der Waals surface area (Å²) in [6.45, 7) is 1.72. The van der Waals surface area contributed by atoms with Gasteiger partial charge in [0, 0.05) is 20.0 Å². The Morgan fingerprint density at radius 2 is 2.25 bits per heavy atom. The molecule has 0 aliphatic carbocycles. The van der Waals surface area contributed by atoms with Gasteiger partial charge in [0.15, 0.2) is 8.68 Å². The van der Waals surface area contributed by atoms with Gasteiger partial charge in [-0.2, -0.15) is 0 Å². The molecule has 0 bridgehead atoms. The summed E-state index contributed by atoms with van der Waals surface area (Å²) in [5.41, 5.74) is 0. The zero-order valence-corrected chi connectivity index (χ0v) is 10.7. The van der Waals surface area contributed by atoms with E-state index in [0.29, 0.717) is 0 Å². The summed E-state index contributed by atoms with van der Waals surface area (Å²) in [4.78, 5) is 14.2. The van der Waals surface area contributed by atoms with E-state index in [-0.39, 0.29) is 27.7 Å². The van der Waals surface area contributed by atoms with E-state index in [0.717, 1.165) is 11.3 Å². The van der Waals surface area contributed by atoms with Crippen LogP contribution in [0.2, 0.25) is 4.47 Å². The van der Waals surface area contributed by atoms with Crippen molar-refractivity contribution in [3.63, 3.8) is 0 Å². The van der Waals surface area contributed by atoms with Crippen molar-refractivity contribution in [2.24, 2.45) is 0 Å². The fourth-order valence-electron chi connectivity index (χ4n) is 0.858. The first kappa shape index (κ1) is 13.4. The van der Waals surface area contributed by atoms with Crippen LogP contribution in [0.25, 0.3) is 0 Å². The lowest BCUT2D eigenvalue weighted by Crippen LogP contribution is -2.33. The van der Waals surface area contributed by atoms with Crippen molar-refractivity contribution >= 4 is 38.9 Å². The summed E-state index contributed by atoms with van der Waals surface area (Å²) in [5, 5.41) is 2.47. The van der Waals surface area contributed by atoms with Crippen LogP contribution >= 0.6 is 22.9 Å². The third-order valence-electron chi connectivity index (χ3n) is 1.51. The van der Waals surface area contributed by atoms with Crippen LogP contribution in [0.3, 0.4) is 0 Å². The first-order valence-corrected chi connectivity index (χ1v) is 6.95. The smallest absolute Gasteiger partial charge is 0.251 e. The van der Waals surface area contributed by atoms with Crippen molar-refractivity contribution in [2.75, 3.05) is 13.1 Å². The van der Waals surface area contributed by atoms with Gasteiger partial charge in [0.25, 0.3) is 10.0 Å². The zero-order chi connectivity index (χ0) is 12.2. The van der Waals surface area contributed by atoms with Gasteiger partial charge in [0.2, 0.25) is 5.91 Å². The predicted octanol–water partition coefficient (Wildman–Crippen LogP) is 0.211. The Morgan fingerprint density at radius 1 is 1.56 bits per heavy atom. The van der Waals surface area contributed by atoms with Gasteiger partial charge in [-0.05, 0) is 0 Å². The number of rotatable bonds is 5. The maximum atomic E-state index is 11.6. The van der Waals surface area contributed by atoms with E-state index in [1.54, 1.807) is 0 Å². The van der Waals surface area contributed by atoms with Gasteiger partial charge in [-0.1, -0.05) is 22.9 Å². The average molecular weight is 284 g/mol. The van der Waals surface area contributed by atoms with Crippen LogP contribution in [-0.2, 0) is 14.8 Å². The Kier molecular flexibility index (Phi) is 4.66. The zero-order valence-electron chi connectivity index (χ0n) is 8.36. The van der Waals surface area contributed by atoms with Gasteiger partial charge >= 0.3 is 0 Å². The molecule has 0 aliphatic heterocycles. The number of aromatic nitrogens is 1. The Morgan fingerprint density at radius 3 is 2.75 bits per heavy atom. The summed E-state index contributed by atoms with van der Waals surface area (Å²) in [6.07, 6.45) is 1.19. The van der Waals surface area contributed by atoms with Crippen molar-refractivity contribution in [2.45, 2.75) is 11.1 Å². The van der Waals surface area contributed by atoms with Crippen LogP contribution in [0.1, 0.15) is 6.92 Å². The van der Waals surface area contributed by atoms with Crippen LogP contribution in [0, 0.1) is 0 Å². The van der Waals surface area contributed by atoms with Crippen LogP contribution in [0.15, 0.2) is 10.4 Å². The van der Waals surface area contributed by atoms with Gasteiger partial charge < -0.3 is 5.32 Å². The van der Waals surface area contributed by atoms with Crippen molar-refractivity contribution in [3.05, 3.63) is 10.7 Å². The molecule has 0 saturated heterocycles. The molecule has 0 aliphatic rings. The van der Waals surface area contributed by atoms with Crippen molar-refractivity contribution in [1.82, 2.24) is 15.0 Å². The largest absolute Gasteiger partial charge is 0.355 e. The molecule has 1 aromatic heterocycles. The van der Waals surface area contributed by atoms with E-state index in [1.807, 2.05) is 0 Å². The number of amides is 1. The summed E-state index contributed by atoms with van der Waals surface area (Å²) in [6, 6.07) is 0. The third kappa shape index (κ3) is 4.05. The second-order valence-corrected chi connectivity index (χ2v) is 6.42. The third-order valence-corrected chi connectivity index (χ3v) is 4.55. The highest BCUT2D eigenvalue weighted by molar-refractivity contribution is 7.91. The van der Waals surface area contributed by atoms with E-state index in [2.05, 4.69) is 15.0 Å². The molecule has 0 saturated carbocycles. The number of hydrogen-bond donors (Lipinski definition) is 2. The highest BCUT2D eigenvalue weighted by Crippen LogP contribution is 2.21. The number of carbonyl (C=O) groups excluding carboxylic acids is 1. The molecular weight excluding hydrogens is 274 g/mol. The van der Waals surface area contributed by atoms with Gasteiger partial charge in [-0.3, -0.25) is 4.79 Å². The lowest BCUT2D eigenvalue weighted by atomic mass is 10.6. The SMILES string of the molecule is CC(=O)NCCNS(=O)(=O)c1cnc(Cl)s1. The van der Waals surface area contributed by atoms with E-state index >= 15 is 0 Å². The molecule has 1 rings (SSSR count). The Bertz CT molecular complexity index is 471. The van der Waals surface area contributed by atoms with Crippen LogP contribution in [0.4, 0.5) is 0 Å². The normalized spacial score (nSPS) is 11.4. The predicted molar refractivity (Wildman–Crippen MR) is 61.0 cm³/mol. The summed E-state index contributed by atoms with van der Waals surface area (Å²) < 4.78 is 25.7. The van der Waals surface area contributed by atoms with Crippen molar-refractivity contribution in [3.8, 4) is 0 Å².